The molecule has 1 fully saturated rings. The fourth-order valence-electron chi connectivity index (χ4n) is 4.78. The van der Waals surface area contributed by atoms with Crippen molar-refractivity contribution >= 4 is 35.0 Å². The van der Waals surface area contributed by atoms with E-state index in [-0.39, 0.29) is 40.9 Å². The number of carboxylic acids is 1. The van der Waals surface area contributed by atoms with Crippen molar-refractivity contribution in [3.05, 3.63) is 114 Å². The maximum atomic E-state index is 12.6. The number of nitrogens with one attached hydrogen (secondary N) is 3. The molecule has 1 aliphatic carbocycles. The van der Waals surface area contributed by atoms with Gasteiger partial charge in [-0.3, -0.25) is 4.79 Å². The quantitative estimate of drug-likeness (QED) is 0.155. The zero-order valence-corrected chi connectivity index (χ0v) is 23.5. The van der Waals surface area contributed by atoms with E-state index in [9.17, 15) is 19.5 Å². The summed E-state index contributed by atoms with van der Waals surface area (Å²) in [7, 11) is 0. The number of carboxylic acid groups (broad SMARTS) is 1. The Kier molecular flexibility index (Phi) is 9.32. The predicted molar refractivity (Wildman–Crippen MR) is 164 cm³/mol. The molecule has 0 radical (unpaired) electrons. The van der Waals surface area contributed by atoms with E-state index in [1.807, 2.05) is 12.1 Å². The number of anilines is 2. The Labute approximate surface area is 253 Å². The molecule has 1 aliphatic rings. The summed E-state index contributed by atoms with van der Waals surface area (Å²) in [5, 5.41) is 17.7. The highest BCUT2D eigenvalue weighted by atomic mass is 16.5. The van der Waals surface area contributed by atoms with Crippen LogP contribution in [0.5, 0.6) is 17.4 Å². The Balaban J connectivity index is 1.06. The number of benzene rings is 3. The van der Waals surface area contributed by atoms with Gasteiger partial charge in [-0.05, 0) is 80.3 Å². The van der Waals surface area contributed by atoms with Gasteiger partial charge in [-0.15, -0.1) is 0 Å². The molecule has 3 aromatic carbocycles. The van der Waals surface area contributed by atoms with Crippen LogP contribution in [-0.4, -0.2) is 40.1 Å². The van der Waals surface area contributed by atoms with Crippen LogP contribution in [0.25, 0.3) is 4.85 Å². The highest BCUT2D eigenvalue weighted by Crippen LogP contribution is 2.27. The van der Waals surface area contributed by atoms with Gasteiger partial charge in [0.2, 0.25) is 5.88 Å². The van der Waals surface area contributed by atoms with E-state index in [1.165, 1.54) is 18.3 Å². The lowest BCUT2D eigenvalue weighted by molar-refractivity contribution is 0.0698. The summed E-state index contributed by atoms with van der Waals surface area (Å²) in [5.74, 6) is -0.0974. The second-order valence-electron chi connectivity index (χ2n) is 10.1. The van der Waals surface area contributed by atoms with Crippen LogP contribution in [0.2, 0.25) is 0 Å². The molecule has 0 spiro atoms. The fraction of sp³-hybridized carbons (Fsp3) is 0.182. The second kappa shape index (κ2) is 13.8. The lowest BCUT2D eigenvalue weighted by atomic mass is 9.93. The van der Waals surface area contributed by atoms with Gasteiger partial charge in [-0.2, -0.15) is 0 Å². The molecule has 4 aromatic rings. The largest absolute Gasteiger partial charge is 0.490 e. The highest BCUT2D eigenvalue weighted by molar-refractivity contribution is 6.07. The lowest BCUT2D eigenvalue weighted by Gasteiger charge is -2.29. The lowest BCUT2D eigenvalue weighted by Crippen LogP contribution is -2.41. The van der Waals surface area contributed by atoms with E-state index in [1.54, 1.807) is 60.7 Å². The predicted octanol–water partition coefficient (Wildman–Crippen LogP) is 6.89. The highest BCUT2D eigenvalue weighted by Gasteiger charge is 2.24. The van der Waals surface area contributed by atoms with Crippen LogP contribution in [0, 0.1) is 6.57 Å². The van der Waals surface area contributed by atoms with Gasteiger partial charge in [-0.25, -0.2) is 19.4 Å². The van der Waals surface area contributed by atoms with Crippen molar-refractivity contribution in [3.63, 3.8) is 0 Å². The average Bonchev–Trinajstić information content (AvgIpc) is 3.03. The summed E-state index contributed by atoms with van der Waals surface area (Å²) in [5.41, 5.74) is 1.49. The Morgan fingerprint density at radius 3 is 2.32 bits per heavy atom. The van der Waals surface area contributed by atoms with E-state index in [2.05, 4.69) is 25.8 Å². The maximum absolute atomic E-state index is 12.6. The molecule has 0 bridgehead atoms. The standard InChI is InChI=1S/C33H29N5O6/c1-34-23-5-4-6-24(19-23)37-33(42)36-22-10-12-25(13-11-22)43-26-14-16-27(17-15-26)44-30-18-9-21(20-35-30)31(39)38-29-8-3-2-7-28(29)32(40)41/h2-9,14-20,22,25H,10-13H2,(H,38,39)(H,40,41)(H2,36,37,42). The number of rotatable bonds is 9. The molecular formula is C33H29N5O6. The number of ether oxygens (including phenoxy) is 2. The van der Waals surface area contributed by atoms with Crippen molar-refractivity contribution in [2.75, 3.05) is 10.6 Å². The van der Waals surface area contributed by atoms with Crippen molar-refractivity contribution in [2.24, 2.45) is 0 Å². The molecule has 1 saturated carbocycles. The molecule has 1 heterocycles. The molecule has 0 atom stereocenters. The van der Waals surface area contributed by atoms with Crippen molar-refractivity contribution in [3.8, 4) is 17.4 Å². The fourth-order valence-corrected chi connectivity index (χ4v) is 4.78. The summed E-state index contributed by atoms with van der Waals surface area (Å²) < 4.78 is 11.9. The second-order valence-corrected chi connectivity index (χ2v) is 10.1. The molecule has 0 unspecified atom stereocenters. The first-order chi connectivity index (χ1) is 21.4. The van der Waals surface area contributed by atoms with Gasteiger partial charge in [0, 0.05) is 24.0 Å². The third-order valence-electron chi connectivity index (χ3n) is 7.00. The van der Waals surface area contributed by atoms with Crippen LogP contribution in [0.15, 0.2) is 91.1 Å². The molecular weight excluding hydrogens is 562 g/mol. The van der Waals surface area contributed by atoms with Gasteiger partial charge in [0.15, 0.2) is 5.69 Å². The van der Waals surface area contributed by atoms with Crippen LogP contribution in [0.4, 0.5) is 21.9 Å². The molecule has 44 heavy (non-hydrogen) atoms. The van der Waals surface area contributed by atoms with Crippen LogP contribution >= 0.6 is 0 Å². The maximum Gasteiger partial charge on any atom is 0.337 e. The zero-order chi connectivity index (χ0) is 30.9. The number of aromatic carboxylic acids is 1. The molecule has 1 aromatic heterocycles. The topological polar surface area (TPSA) is 143 Å². The van der Waals surface area contributed by atoms with E-state index in [4.69, 9.17) is 16.0 Å². The Morgan fingerprint density at radius 2 is 1.61 bits per heavy atom. The van der Waals surface area contributed by atoms with Gasteiger partial charge in [0.1, 0.15) is 11.5 Å². The van der Waals surface area contributed by atoms with Crippen molar-refractivity contribution in [1.82, 2.24) is 10.3 Å². The summed E-state index contributed by atoms with van der Waals surface area (Å²) >= 11 is 0. The van der Waals surface area contributed by atoms with E-state index >= 15 is 0 Å². The number of hydrogen-bond acceptors (Lipinski definition) is 6. The van der Waals surface area contributed by atoms with Gasteiger partial charge in [0.05, 0.1) is 29.5 Å². The Morgan fingerprint density at radius 1 is 0.864 bits per heavy atom. The Hall–Kier alpha value is -5.89. The minimum Gasteiger partial charge on any atom is -0.490 e. The van der Waals surface area contributed by atoms with Crippen molar-refractivity contribution in [2.45, 2.75) is 37.8 Å². The first kappa shape index (κ1) is 29.6. The Bertz CT molecular complexity index is 1680. The smallest absolute Gasteiger partial charge is 0.337 e. The monoisotopic (exact) mass is 591 g/mol. The minimum atomic E-state index is -1.14. The molecule has 0 aliphatic heterocycles. The van der Waals surface area contributed by atoms with Gasteiger partial charge < -0.3 is 30.5 Å². The van der Waals surface area contributed by atoms with Gasteiger partial charge in [0.25, 0.3) is 5.91 Å². The number of carbonyl (C=O) groups excluding carboxylic acids is 2. The molecule has 4 N–H and O–H groups in total. The van der Waals surface area contributed by atoms with Crippen LogP contribution in [0.1, 0.15) is 46.4 Å². The number of para-hydroxylation sites is 1. The normalized spacial score (nSPS) is 15.7. The SMILES string of the molecule is [C-]#[N+]c1cccc(NC(=O)NC2CCC(Oc3ccc(Oc4ccc(C(=O)Nc5ccccc5C(=O)O)cn4)cc3)CC2)c1. The number of pyridine rings is 1. The number of urea groups is 1. The van der Waals surface area contributed by atoms with Crippen LogP contribution in [-0.2, 0) is 0 Å². The zero-order valence-electron chi connectivity index (χ0n) is 23.5. The van der Waals surface area contributed by atoms with Crippen molar-refractivity contribution in [1.29, 1.82) is 0 Å². The van der Waals surface area contributed by atoms with Gasteiger partial charge in [-0.1, -0.05) is 24.3 Å². The number of nitrogens with zero attached hydrogens (tertiary/aromatic N) is 2. The number of aromatic nitrogens is 1. The average molecular weight is 592 g/mol. The summed E-state index contributed by atoms with van der Waals surface area (Å²) in [4.78, 5) is 43.9. The molecule has 5 rings (SSSR count). The molecule has 11 nitrogen and oxygen atoms in total. The first-order valence-electron chi connectivity index (χ1n) is 14.0. The van der Waals surface area contributed by atoms with Crippen LogP contribution < -0.4 is 25.4 Å². The summed E-state index contributed by atoms with van der Waals surface area (Å²) in [6.07, 6.45) is 4.54. The molecule has 3 amide bonds. The van der Waals surface area contributed by atoms with E-state index in [0.717, 1.165) is 25.7 Å². The minimum absolute atomic E-state index is 0.00700. The van der Waals surface area contributed by atoms with Crippen molar-refractivity contribution < 1.29 is 29.0 Å². The van der Waals surface area contributed by atoms with E-state index in [0.29, 0.717) is 22.9 Å². The summed E-state index contributed by atoms with van der Waals surface area (Å²) in [6.45, 7) is 7.09. The third kappa shape index (κ3) is 7.89. The number of amides is 3. The van der Waals surface area contributed by atoms with Crippen LogP contribution in [0.3, 0.4) is 0 Å². The van der Waals surface area contributed by atoms with Gasteiger partial charge >= 0.3 is 12.0 Å². The number of carbonyl (C=O) groups is 3. The first-order valence-corrected chi connectivity index (χ1v) is 14.0. The third-order valence-corrected chi connectivity index (χ3v) is 7.00. The molecule has 222 valence electrons. The molecule has 11 heteroatoms. The van der Waals surface area contributed by atoms with E-state index < -0.39 is 11.9 Å². The summed E-state index contributed by atoms with van der Waals surface area (Å²) in [6, 6.07) is 23.0. The number of hydrogen-bond donors (Lipinski definition) is 4. The molecule has 0 saturated heterocycles.